The Kier molecular flexibility index (Phi) is 13.6. The van der Waals surface area contributed by atoms with Crippen molar-refractivity contribution < 1.29 is 29.0 Å². The summed E-state index contributed by atoms with van der Waals surface area (Å²) in [6, 6.07) is 13.9. The lowest BCUT2D eigenvalue weighted by Gasteiger charge is -2.52. The Morgan fingerprint density at radius 1 is 0.938 bits per heavy atom. The molecule has 1 aliphatic carbocycles. The second kappa shape index (κ2) is 17.4. The molecule has 3 N–H and O–H groups in total. The number of unbranched alkanes of at least 4 members (excludes halogenated alkanes) is 2. The summed E-state index contributed by atoms with van der Waals surface area (Å²) in [5.41, 5.74) is -1.08. The zero-order chi connectivity index (χ0) is 33.3. The van der Waals surface area contributed by atoms with Crippen LogP contribution in [0, 0.1) is 0 Å². The van der Waals surface area contributed by atoms with Gasteiger partial charge in [0.2, 0.25) is 11.8 Å². The van der Waals surface area contributed by atoms with E-state index in [-0.39, 0.29) is 30.1 Å². The van der Waals surface area contributed by atoms with Crippen LogP contribution in [-0.2, 0) is 9.59 Å². The second-order valence-corrected chi connectivity index (χ2v) is 13.5. The molecule has 264 valence electrons. The molecule has 48 heavy (non-hydrogen) atoms. The molecule has 1 atom stereocenters. The van der Waals surface area contributed by atoms with Crippen molar-refractivity contribution in [1.82, 2.24) is 20.4 Å². The first kappa shape index (κ1) is 37.5. The van der Waals surface area contributed by atoms with Crippen LogP contribution in [0.15, 0.2) is 48.5 Å². The van der Waals surface area contributed by atoms with E-state index in [1.807, 2.05) is 29.2 Å². The fourth-order valence-corrected chi connectivity index (χ4v) is 7.30. The van der Waals surface area contributed by atoms with Crippen molar-refractivity contribution in [3.63, 3.8) is 0 Å². The predicted octanol–water partition coefficient (Wildman–Crippen LogP) is 5.47. The van der Waals surface area contributed by atoms with Gasteiger partial charge in [0.1, 0.15) is 28.8 Å². The van der Waals surface area contributed by atoms with Crippen molar-refractivity contribution >= 4 is 30.1 Å². The van der Waals surface area contributed by atoms with Crippen molar-refractivity contribution in [3.8, 4) is 17.2 Å². The lowest BCUT2D eigenvalue weighted by Crippen LogP contribution is -2.73. The zero-order valence-corrected chi connectivity index (χ0v) is 29.3. The average Bonchev–Trinajstić information content (AvgIpc) is 3.08. The molecule has 10 nitrogen and oxygen atoms in total. The van der Waals surface area contributed by atoms with E-state index in [2.05, 4.69) is 22.5 Å². The van der Waals surface area contributed by atoms with Gasteiger partial charge in [0.05, 0.1) is 12.2 Å². The van der Waals surface area contributed by atoms with Gasteiger partial charge in [-0.1, -0.05) is 38.7 Å². The molecule has 11 heteroatoms. The molecular formula is C37H53ClN4O6. The van der Waals surface area contributed by atoms with Gasteiger partial charge in [0, 0.05) is 44.7 Å². The normalized spacial score (nSPS) is 20.5. The van der Waals surface area contributed by atoms with E-state index in [1.54, 1.807) is 31.3 Å². The number of halogens is 1. The van der Waals surface area contributed by atoms with E-state index in [4.69, 9.17) is 9.47 Å². The number of hydrogen-bond acceptors (Lipinski definition) is 7. The van der Waals surface area contributed by atoms with Gasteiger partial charge in [-0.05, 0) is 87.9 Å². The molecule has 5 rings (SSSR count). The highest BCUT2D eigenvalue weighted by Crippen LogP contribution is 2.37. The molecule has 0 aromatic heterocycles. The van der Waals surface area contributed by atoms with Crippen LogP contribution in [0.4, 0.5) is 0 Å². The number of amides is 3. The van der Waals surface area contributed by atoms with Crippen LogP contribution in [0.3, 0.4) is 0 Å². The average molecular weight is 685 g/mol. The van der Waals surface area contributed by atoms with Crippen LogP contribution >= 0.6 is 12.4 Å². The number of carbonyl (C=O) groups excluding carboxylic acids is 3. The van der Waals surface area contributed by atoms with Gasteiger partial charge in [0.25, 0.3) is 5.91 Å². The molecule has 3 amide bonds. The highest BCUT2D eigenvalue weighted by molar-refractivity contribution is 6.00. The molecule has 3 aliphatic rings. The molecule has 1 spiro atoms. The topological polar surface area (TPSA) is 120 Å². The number of ether oxygens (including phenoxy) is 2. The summed E-state index contributed by atoms with van der Waals surface area (Å²) in [6.07, 6.45) is 9.70. The third-order valence-corrected chi connectivity index (χ3v) is 10.1. The summed E-state index contributed by atoms with van der Waals surface area (Å²) in [4.78, 5) is 43.6. The van der Waals surface area contributed by atoms with Crippen LogP contribution < -0.4 is 20.1 Å². The number of piperidine rings is 1. The van der Waals surface area contributed by atoms with Crippen LogP contribution in [0.2, 0.25) is 0 Å². The Bertz CT molecular complexity index is 1360. The van der Waals surface area contributed by atoms with Gasteiger partial charge >= 0.3 is 0 Å². The molecular weight excluding hydrogens is 632 g/mol. The van der Waals surface area contributed by atoms with Gasteiger partial charge in [-0.3, -0.25) is 14.4 Å². The first-order chi connectivity index (χ1) is 22.7. The van der Waals surface area contributed by atoms with Gasteiger partial charge in [-0.2, -0.15) is 0 Å². The Balaban J connectivity index is 0.00000520. The molecule has 2 aliphatic heterocycles. The van der Waals surface area contributed by atoms with Crippen LogP contribution in [0.1, 0.15) is 94.3 Å². The summed E-state index contributed by atoms with van der Waals surface area (Å²) in [7, 11) is 1.60. The van der Waals surface area contributed by atoms with Crippen molar-refractivity contribution in [3.05, 3.63) is 54.1 Å². The SMILES string of the molecule is CCCCN1C(=O)[C@@H](CC2(O)CCCCC2)NC(=O)C12CCN(CCCCOc1cccc(Oc3ccc(C(=O)NC)cc3)c1)CC2.Cl. The number of benzene rings is 2. The minimum atomic E-state index is -0.862. The molecule has 0 radical (unpaired) electrons. The van der Waals surface area contributed by atoms with E-state index in [0.717, 1.165) is 70.3 Å². The van der Waals surface area contributed by atoms with E-state index in [9.17, 15) is 19.5 Å². The molecule has 0 bridgehead atoms. The Morgan fingerprint density at radius 2 is 1.65 bits per heavy atom. The van der Waals surface area contributed by atoms with Crippen LogP contribution in [0.5, 0.6) is 17.2 Å². The van der Waals surface area contributed by atoms with Gasteiger partial charge in [0.15, 0.2) is 0 Å². The number of nitrogens with zero attached hydrogens (tertiary/aromatic N) is 2. The Morgan fingerprint density at radius 3 is 2.33 bits per heavy atom. The lowest BCUT2D eigenvalue weighted by atomic mass is 9.77. The van der Waals surface area contributed by atoms with Gasteiger partial charge < -0.3 is 35.0 Å². The fourth-order valence-electron chi connectivity index (χ4n) is 7.30. The molecule has 1 saturated carbocycles. The maximum absolute atomic E-state index is 13.8. The molecule has 2 aromatic carbocycles. The first-order valence-electron chi connectivity index (χ1n) is 17.6. The standard InChI is InChI=1S/C37H52N4O6.ClH/c1-3-4-22-41-34(43)32(27-36(45)17-6-5-7-18-36)39-35(44)37(41)19-23-40(24-20-37)21-8-9-25-46-30-11-10-12-31(26-30)47-29-15-13-28(14-16-29)33(42)38-2;/h10-16,26,32,45H,3-9,17-25,27H2,1-2H3,(H,38,42)(H,39,44);1H/t32-;/m1./s1. The quantitative estimate of drug-likeness (QED) is 0.226. The second-order valence-electron chi connectivity index (χ2n) is 13.5. The highest BCUT2D eigenvalue weighted by atomic mass is 35.5. The van der Waals surface area contributed by atoms with Crippen molar-refractivity contribution in [1.29, 1.82) is 0 Å². The molecule has 3 fully saturated rings. The third kappa shape index (κ3) is 9.21. The first-order valence-corrected chi connectivity index (χ1v) is 17.6. The number of likely N-dealkylation sites (tertiary alicyclic amines) is 1. The van der Waals surface area contributed by atoms with E-state index in [1.165, 1.54) is 0 Å². The van der Waals surface area contributed by atoms with E-state index in [0.29, 0.717) is 62.3 Å². The number of rotatable bonds is 14. The largest absolute Gasteiger partial charge is 0.493 e. The summed E-state index contributed by atoms with van der Waals surface area (Å²) in [6.45, 7) is 5.72. The monoisotopic (exact) mass is 684 g/mol. The van der Waals surface area contributed by atoms with Crippen molar-refractivity contribution in [2.75, 3.05) is 39.8 Å². The maximum Gasteiger partial charge on any atom is 0.251 e. The molecule has 2 heterocycles. The van der Waals surface area contributed by atoms with Crippen molar-refractivity contribution in [2.45, 2.75) is 101 Å². The van der Waals surface area contributed by atoms with Crippen LogP contribution in [0.25, 0.3) is 0 Å². The maximum atomic E-state index is 13.8. The zero-order valence-electron chi connectivity index (χ0n) is 28.5. The molecule has 0 unspecified atom stereocenters. The fraction of sp³-hybridized carbons (Fsp3) is 0.595. The number of nitrogens with one attached hydrogen (secondary N) is 2. The Labute approximate surface area is 291 Å². The van der Waals surface area contributed by atoms with Gasteiger partial charge in [-0.15, -0.1) is 12.4 Å². The highest BCUT2D eigenvalue weighted by Gasteiger charge is 2.54. The van der Waals surface area contributed by atoms with E-state index < -0.39 is 17.2 Å². The molecule has 2 saturated heterocycles. The molecule has 2 aromatic rings. The lowest BCUT2D eigenvalue weighted by molar-refractivity contribution is -0.163. The van der Waals surface area contributed by atoms with Gasteiger partial charge in [-0.25, -0.2) is 0 Å². The number of aliphatic hydroxyl groups is 1. The predicted molar refractivity (Wildman–Crippen MR) is 188 cm³/mol. The number of hydrogen-bond donors (Lipinski definition) is 3. The van der Waals surface area contributed by atoms with E-state index >= 15 is 0 Å². The van der Waals surface area contributed by atoms with Crippen molar-refractivity contribution in [2.24, 2.45) is 0 Å². The Hall–Kier alpha value is -3.34. The number of carbonyl (C=O) groups is 3. The summed E-state index contributed by atoms with van der Waals surface area (Å²) in [5.74, 6) is 1.83. The minimum absolute atomic E-state index is 0. The smallest absolute Gasteiger partial charge is 0.251 e. The summed E-state index contributed by atoms with van der Waals surface area (Å²) < 4.78 is 12.0. The van der Waals surface area contributed by atoms with Crippen LogP contribution in [-0.4, -0.2) is 89.6 Å². The third-order valence-electron chi connectivity index (χ3n) is 10.1. The summed E-state index contributed by atoms with van der Waals surface area (Å²) in [5, 5.41) is 16.8. The summed E-state index contributed by atoms with van der Waals surface area (Å²) >= 11 is 0. The minimum Gasteiger partial charge on any atom is -0.493 e. The number of piperazine rings is 1.